The molecule has 3 heteroatoms. The Balaban J connectivity index is 1.99. The first-order chi connectivity index (χ1) is 5.33. The van der Waals surface area contributed by atoms with Crippen molar-refractivity contribution < 1.29 is 0 Å². The van der Waals surface area contributed by atoms with Crippen LogP contribution in [0.4, 0.5) is 0 Å². The van der Waals surface area contributed by atoms with Crippen molar-refractivity contribution in [1.29, 1.82) is 0 Å². The van der Waals surface area contributed by atoms with E-state index in [1.54, 1.807) is 0 Å². The molecule has 1 heterocycles. The van der Waals surface area contributed by atoms with Gasteiger partial charge in [-0.1, -0.05) is 15.9 Å². The highest BCUT2D eigenvalue weighted by Crippen LogP contribution is 2.16. The molecule has 0 aliphatic carbocycles. The zero-order chi connectivity index (χ0) is 8.10. The first kappa shape index (κ1) is 9.49. The van der Waals surface area contributed by atoms with Gasteiger partial charge in [0.15, 0.2) is 0 Å². The first-order valence-electron chi connectivity index (χ1n) is 4.28. The summed E-state index contributed by atoms with van der Waals surface area (Å²) in [5.74, 6) is 0.937. The maximum atomic E-state index is 3.35. The Hall–Kier alpha value is 0.400. The summed E-state index contributed by atoms with van der Waals surface area (Å²) in [6.07, 6.45) is 2.72. The van der Waals surface area contributed by atoms with E-state index in [4.69, 9.17) is 0 Å². The second kappa shape index (κ2) is 5.12. The Morgan fingerprint density at radius 1 is 1.64 bits per heavy atom. The number of nitrogens with zero attached hydrogens (tertiary/aromatic N) is 1. The number of rotatable bonds is 4. The van der Waals surface area contributed by atoms with Crippen molar-refractivity contribution in [3.63, 3.8) is 0 Å². The molecule has 1 rings (SSSR count). The van der Waals surface area contributed by atoms with Crippen LogP contribution in [0.2, 0.25) is 0 Å². The SMILES string of the molecule is CN1CCC(CCNCBr)C1. The summed E-state index contributed by atoms with van der Waals surface area (Å²) in [4.78, 5) is 2.42. The minimum Gasteiger partial charge on any atom is -0.307 e. The molecule has 0 saturated carbocycles. The number of halogens is 1. The molecule has 1 aliphatic heterocycles. The summed E-state index contributed by atoms with van der Waals surface area (Å²) in [5, 5.41) is 3.29. The van der Waals surface area contributed by atoms with Gasteiger partial charge in [-0.3, -0.25) is 0 Å². The normalized spacial score (nSPS) is 26.2. The van der Waals surface area contributed by atoms with Gasteiger partial charge in [0.1, 0.15) is 0 Å². The molecule has 0 aromatic heterocycles. The van der Waals surface area contributed by atoms with E-state index in [0.717, 1.165) is 17.9 Å². The lowest BCUT2D eigenvalue weighted by Crippen LogP contribution is -2.18. The molecule has 2 nitrogen and oxygen atoms in total. The topological polar surface area (TPSA) is 15.3 Å². The molecule has 0 spiro atoms. The average molecular weight is 221 g/mol. The summed E-state index contributed by atoms with van der Waals surface area (Å²) < 4.78 is 0. The van der Waals surface area contributed by atoms with E-state index in [-0.39, 0.29) is 0 Å². The van der Waals surface area contributed by atoms with Crippen molar-refractivity contribution in [2.75, 3.05) is 32.1 Å². The number of nitrogens with one attached hydrogen (secondary N) is 1. The van der Waals surface area contributed by atoms with Gasteiger partial charge in [-0.2, -0.15) is 0 Å². The number of hydrogen-bond donors (Lipinski definition) is 1. The maximum absolute atomic E-state index is 3.35. The van der Waals surface area contributed by atoms with Crippen LogP contribution in [0.25, 0.3) is 0 Å². The van der Waals surface area contributed by atoms with Gasteiger partial charge in [0.2, 0.25) is 0 Å². The van der Waals surface area contributed by atoms with Gasteiger partial charge in [0, 0.05) is 6.54 Å². The molecule has 66 valence electrons. The highest BCUT2D eigenvalue weighted by atomic mass is 79.9. The predicted octanol–water partition coefficient (Wildman–Crippen LogP) is 1.27. The number of likely N-dealkylation sites (tertiary alicyclic amines) is 1. The van der Waals surface area contributed by atoms with E-state index in [1.165, 1.54) is 25.9 Å². The van der Waals surface area contributed by atoms with E-state index in [1.807, 2.05) is 0 Å². The maximum Gasteiger partial charge on any atom is 0.0517 e. The Kier molecular flexibility index (Phi) is 4.41. The molecule has 1 aliphatic rings. The van der Waals surface area contributed by atoms with Gasteiger partial charge < -0.3 is 10.2 Å². The molecule has 1 saturated heterocycles. The van der Waals surface area contributed by atoms with Crippen LogP contribution in [-0.4, -0.2) is 37.0 Å². The lowest BCUT2D eigenvalue weighted by Gasteiger charge is -2.09. The van der Waals surface area contributed by atoms with E-state index in [0.29, 0.717) is 0 Å². The summed E-state index contributed by atoms with van der Waals surface area (Å²) in [6.45, 7) is 3.74. The van der Waals surface area contributed by atoms with Crippen molar-refractivity contribution in [1.82, 2.24) is 10.2 Å². The van der Waals surface area contributed by atoms with E-state index < -0.39 is 0 Å². The third-order valence-electron chi connectivity index (χ3n) is 2.31. The van der Waals surface area contributed by atoms with Crippen LogP contribution in [0, 0.1) is 5.92 Å². The van der Waals surface area contributed by atoms with Crippen molar-refractivity contribution in [2.24, 2.45) is 5.92 Å². The lowest BCUT2D eigenvalue weighted by molar-refractivity contribution is 0.386. The van der Waals surface area contributed by atoms with Crippen LogP contribution < -0.4 is 5.32 Å². The molecule has 11 heavy (non-hydrogen) atoms. The van der Waals surface area contributed by atoms with Crippen LogP contribution in [0.5, 0.6) is 0 Å². The van der Waals surface area contributed by atoms with Gasteiger partial charge in [-0.25, -0.2) is 0 Å². The molecular weight excluding hydrogens is 204 g/mol. The molecule has 0 aromatic carbocycles. The molecule has 1 unspecified atom stereocenters. The predicted molar refractivity (Wildman–Crippen MR) is 52.0 cm³/mol. The van der Waals surface area contributed by atoms with Gasteiger partial charge in [-0.05, 0) is 38.9 Å². The van der Waals surface area contributed by atoms with Crippen LogP contribution in [-0.2, 0) is 0 Å². The van der Waals surface area contributed by atoms with Crippen LogP contribution in [0.3, 0.4) is 0 Å². The Morgan fingerprint density at radius 3 is 3.00 bits per heavy atom. The third kappa shape index (κ3) is 3.54. The highest BCUT2D eigenvalue weighted by molar-refractivity contribution is 9.09. The highest BCUT2D eigenvalue weighted by Gasteiger charge is 2.18. The fraction of sp³-hybridized carbons (Fsp3) is 1.00. The minimum absolute atomic E-state index is 0.926. The smallest absolute Gasteiger partial charge is 0.0517 e. The molecule has 0 amide bonds. The summed E-state index contributed by atoms with van der Waals surface area (Å²) >= 11 is 3.35. The third-order valence-corrected chi connectivity index (χ3v) is 2.71. The van der Waals surface area contributed by atoms with E-state index in [2.05, 4.69) is 33.2 Å². The zero-order valence-electron chi connectivity index (χ0n) is 7.15. The summed E-state index contributed by atoms with van der Waals surface area (Å²) in [6, 6.07) is 0. The van der Waals surface area contributed by atoms with Crippen molar-refractivity contribution in [3.05, 3.63) is 0 Å². The fourth-order valence-corrected chi connectivity index (χ4v) is 1.92. The first-order valence-corrected chi connectivity index (χ1v) is 5.40. The van der Waals surface area contributed by atoms with Crippen LogP contribution in [0.15, 0.2) is 0 Å². The average Bonchev–Trinajstić information content (AvgIpc) is 2.37. The molecule has 1 atom stereocenters. The monoisotopic (exact) mass is 220 g/mol. The fourth-order valence-electron chi connectivity index (χ4n) is 1.63. The van der Waals surface area contributed by atoms with Crippen molar-refractivity contribution >= 4 is 15.9 Å². The van der Waals surface area contributed by atoms with Gasteiger partial charge in [-0.15, -0.1) is 0 Å². The second-order valence-electron chi connectivity index (χ2n) is 3.34. The van der Waals surface area contributed by atoms with Gasteiger partial charge >= 0.3 is 0 Å². The van der Waals surface area contributed by atoms with Gasteiger partial charge in [0.05, 0.1) is 5.45 Å². The standard InChI is InChI=1S/C8H17BrN2/c1-11-5-3-8(6-11)2-4-10-7-9/h8,10H,2-7H2,1H3. The molecule has 0 radical (unpaired) electrons. The summed E-state index contributed by atoms with van der Waals surface area (Å²) in [7, 11) is 2.21. The molecule has 0 aromatic rings. The summed E-state index contributed by atoms with van der Waals surface area (Å²) in [5.41, 5.74) is 0.926. The zero-order valence-corrected chi connectivity index (χ0v) is 8.73. The van der Waals surface area contributed by atoms with Crippen LogP contribution in [0.1, 0.15) is 12.8 Å². The van der Waals surface area contributed by atoms with Crippen LogP contribution >= 0.6 is 15.9 Å². The molecular formula is C8H17BrN2. The van der Waals surface area contributed by atoms with Crippen molar-refractivity contribution in [2.45, 2.75) is 12.8 Å². The number of alkyl halides is 1. The molecule has 0 bridgehead atoms. The molecule has 1 N–H and O–H groups in total. The Morgan fingerprint density at radius 2 is 2.45 bits per heavy atom. The lowest BCUT2D eigenvalue weighted by atomic mass is 10.1. The quantitative estimate of drug-likeness (QED) is 0.437. The minimum atomic E-state index is 0.926. The van der Waals surface area contributed by atoms with Gasteiger partial charge in [0.25, 0.3) is 0 Å². The Bertz CT molecular complexity index is 108. The van der Waals surface area contributed by atoms with E-state index in [9.17, 15) is 0 Å². The van der Waals surface area contributed by atoms with E-state index >= 15 is 0 Å². The number of hydrogen-bond acceptors (Lipinski definition) is 2. The Labute approximate surface area is 77.5 Å². The molecule has 1 fully saturated rings. The second-order valence-corrected chi connectivity index (χ2v) is 3.90. The van der Waals surface area contributed by atoms with Crippen molar-refractivity contribution in [3.8, 4) is 0 Å². The largest absolute Gasteiger partial charge is 0.307 e.